The highest BCUT2D eigenvalue weighted by Crippen LogP contribution is 2.28. The molecule has 0 bridgehead atoms. The average Bonchev–Trinajstić information content (AvgIpc) is 2.54. The first-order chi connectivity index (χ1) is 10.2. The molecule has 1 aromatic heterocycles. The maximum atomic E-state index is 12.8. The van der Waals surface area contributed by atoms with Crippen LogP contribution in [0.4, 0.5) is 0 Å². The third-order valence-electron chi connectivity index (χ3n) is 4.08. The number of aromatic nitrogens is 1. The van der Waals surface area contributed by atoms with Gasteiger partial charge in [0.05, 0.1) is 18.0 Å². The zero-order chi connectivity index (χ0) is 15.0. The summed E-state index contributed by atoms with van der Waals surface area (Å²) in [5, 5.41) is 2.85. The van der Waals surface area contributed by atoms with E-state index >= 15 is 0 Å². The van der Waals surface area contributed by atoms with Gasteiger partial charge in [0, 0.05) is 11.9 Å². The van der Waals surface area contributed by atoms with E-state index in [4.69, 9.17) is 4.74 Å². The topological polar surface area (TPSA) is 31.2 Å². The molecule has 0 saturated heterocycles. The molecule has 1 heterocycles. The summed E-state index contributed by atoms with van der Waals surface area (Å²) in [4.78, 5) is 12.8. The Balaban J connectivity index is 2.59. The van der Waals surface area contributed by atoms with E-state index in [1.807, 2.05) is 29.7 Å². The Hall–Kier alpha value is -2.29. The minimum atomic E-state index is 0.0554. The standard InChI is InChI=1S/C18H19NO2/c1-4-12-7-6-8-15-14-10-9-13(21-3)11-16(14)18(20)19(5-2)17(12)15/h6-11H,4-5H2,1-3H3. The molecular weight excluding hydrogens is 262 g/mol. The summed E-state index contributed by atoms with van der Waals surface area (Å²) in [6.45, 7) is 4.80. The molecule has 3 rings (SSSR count). The maximum Gasteiger partial charge on any atom is 0.259 e. The molecule has 0 aliphatic heterocycles. The van der Waals surface area contributed by atoms with Gasteiger partial charge in [-0.05, 0) is 42.5 Å². The quantitative estimate of drug-likeness (QED) is 0.685. The van der Waals surface area contributed by atoms with Crippen molar-refractivity contribution in [2.75, 3.05) is 7.11 Å². The molecule has 0 aliphatic rings. The van der Waals surface area contributed by atoms with E-state index < -0.39 is 0 Å². The Kier molecular flexibility index (Phi) is 3.42. The van der Waals surface area contributed by atoms with Crippen LogP contribution in [-0.2, 0) is 13.0 Å². The van der Waals surface area contributed by atoms with Crippen molar-refractivity contribution < 1.29 is 4.74 Å². The van der Waals surface area contributed by atoms with Gasteiger partial charge in [-0.1, -0.05) is 25.1 Å². The number of methoxy groups -OCH3 is 1. The Morgan fingerprint density at radius 2 is 1.86 bits per heavy atom. The van der Waals surface area contributed by atoms with E-state index in [0.717, 1.165) is 28.1 Å². The predicted octanol–water partition coefficient (Wildman–Crippen LogP) is 3.75. The van der Waals surface area contributed by atoms with Gasteiger partial charge in [-0.15, -0.1) is 0 Å². The van der Waals surface area contributed by atoms with E-state index in [1.54, 1.807) is 7.11 Å². The summed E-state index contributed by atoms with van der Waals surface area (Å²) in [5.41, 5.74) is 2.33. The van der Waals surface area contributed by atoms with E-state index in [0.29, 0.717) is 12.3 Å². The van der Waals surface area contributed by atoms with Crippen molar-refractivity contribution >= 4 is 21.7 Å². The molecule has 0 radical (unpaired) electrons. The normalized spacial score (nSPS) is 11.2. The Bertz CT molecular complexity index is 878. The minimum absolute atomic E-state index is 0.0554. The van der Waals surface area contributed by atoms with Gasteiger partial charge >= 0.3 is 0 Å². The second kappa shape index (κ2) is 5.24. The smallest absolute Gasteiger partial charge is 0.259 e. The molecule has 0 N–H and O–H groups in total. The molecule has 3 aromatic rings. The largest absolute Gasteiger partial charge is 0.497 e. The predicted molar refractivity (Wildman–Crippen MR) is 87.3 cm³/mol. The number of fused-ring (bicyclic) bond motifs is 3. The van der Waals surface area contributed by atoms with Gasteiger partial charge in [-0.3, -0.25) is 4.79 Å². The number of ether oxygens (including phenoxy) is 1. The third kappa shape index (κ3) is 2.00. The molecule has 0 saturated carbocycles. The number of aryl methyl sites for hydroxylation is 2. The molecular formula is C18H19NO2. The summed E-state index contributed by atoms with van der Waals surface area (Å²) in [5.74, 6) is 0.716. The van der Waals surface area contributed by atoms with Crippen molar-refractivity contribution in [1.82, 2.24) is 4.57 Å². The summed E-state index contributed by atoms with van der Waals surface area (Å²) >= 11 is 0. The van der Waals surface area contributed by atoms with Crippen molar-refractivity contribution in [3.63, 3.8) is 0 Å². The van der Waals surface area contributed by atoms with Gasteiger partial charge < -0.3 is 9.30 Å². The first-order valence-electron chi connectivity index (χ1n) is 7.33. The van der Waals surface area contributed by atoms with Gasteiger partial charge in [0.1, 0.15) is 5.75 Å². The highest BCUT2D eigenvalue weighted by molar-refractivity contribution is 6.06. The van der Waals surface area contributed by atoms with Crippen LogP contribution in [0.25, 0.3) is 21.7 Å². The first-order valence-corrected chi connectivity index (χ1v) is 7.33. The van der Waals surface area contributed by atoms with Crippen LogP contribution in [0, 0.1) is 0 Å². The second-order valence-electron chi connectivity index (χ2n) is 5.13. The van der Waals surface area contributed by atoms with Crippen molar-refractivity contribution in [2.24, 2.45) is 0 Å². The Morgan fingerprint density at radius 3 is 2.52 bits per heavy atom. The van der Waals surface area contributed by atoms with Crippen LogP contribution in [0.15, 0.2) is 41.2 Å². The first kappa shape index (κ1) is 13.7. The van der Waals surface area contributed by atoms with E-state index in [2.05, 4.69) is 25.1 Å². The van der Waals surface area contributed by atoms with Crippen LogP contribution in [0.3, 0.4) is 0 Å². The van der Waals surface area contributed by atoms with E-state index in [1.165, 1.54) is 5.56 Å². The zero-order valence-corrected chi connectivity index (χ0v) is 12.6. The number of nitrogens with zero attached hydrogens (tertiary/aromatic N) is 1. The van der Waals surface area contributed by atoms with Crippen LogP contribution in [0.5, 0.6) is 5.75 Å². The highest BCUT2D eigenvalue weighted by Gasteiger charge is 2.12. The molecule has 21 heavy (non-hydrogen) atoms. The molecule has 0 aliphatic carbocycles. The molecule has 0 atom stereocenters. The van der Waals surface area contributed by atoms with Crippen LogP contribution >= 0.6 is 0 Å². The van der Waals surface area contributed by atoms with Crippen molar-refractivity contribution in [2.45, 2.75) is 26.8 Å². The van der Waals surface area contributed by atoms with Crippen LogP contribution in [0.2, 0.25) is 0 Å². The number of hydrogen-bond acceptors (Lipinski definition) is 2. The minimum Gasteiger partial charge on any atom is -0.497 e. The lowest BCUT2D eigenvalue weighted by Crippen LogP contribution is -2.20. The maximum absolute atomic E-state index is 12.8. The van der Waals surface area contributed by atoms with Crippen LogP contribution in [-0.4, -0.2) is 11.7 Å². The number of rotatable bonds is 3. The Labute approximate surface area is 123 Å². The van der Waals surface area contributed by atoms with E-state index in [-0.39, 0.29) is 5.56 Å². The highest BCUT2D eigenvalue weighted by atomic mass is 16.5. The molecule has 2 aromatic carbocycles. The zero-order valence-electron chi connectivity index (χ0n) is 12.6. The fourth-order valence-corrected chi connectivity index (χ4v) is 3.02. The molecule has 0 amide bonds. The Morgan fingerprint density at radius 1 is 1.05 bits per heavy atom. The lowest BCUT2D eigenvalue weighted by Gasteiger charge is -2.15. The van der Waals surface area contributed by atoms with Gasteiger partial charge in [-0.25, -0.2) is 0 Å². The second-order valence-corrected chi connectivity index (χ2v) is 5.13. The van der Waals surface area contributed by atoms with Crippen molar-refractivity contribution in [1.29, 1.82) is 0 Å². The fourth-order valence-electron chi connectivity index (χ4n) is 3.02. The molecule has 0 spiro atoms. The van der Waals surface area contributed by atoms with Crippen LogP contribution in [0.1, 0.15) is 19.4 Å². The number of hydrogen-bond donors (Lipinski definition) is 0. The number of benzene rings is 2. The number of para-hydroxylation sites is 1. The molecule has 0 unspecified atom stereocenters. The van der Waals surface area contributed by atoms with Crippen LogP contribution < -0.4 is 10.3 Å². The van der Waals surface area contributed by atoms with Crippen molar-refractivity contribution in [3.05, 3.63) is 52.3 Å². The third-order valence-corrected chi connectivity index (χ3v) is 4.08. The summed E-state index contributed by atoms with van der Waals surface area (Å²) < 4.78 is 7.13. The van der Waals surface area contributed by atoms with Gasteiger partial charge in [0.15, 0.2) is 0 Å². The average molecular weight is 281 g/mol. The summed E-state index contributed by atoms with van der Waals surface area (Å²) in [6, 6.07) is 12.0. The molecule has 3 heteroatoms. The molecule has 0 fully saturated rings. The molecule has 3 nitrogen and oxygen atoms in total. The summed E-state index contributed by atoms with van der Waals surface area (Å²) in [7, 11) is 1.62. The monoisotopic (exact) mass is 281 g/mol. The summed E-state index contributed by atoms with van der Waals surface area (Å²) in [6.07, 6.45) is 0.915. The SMILES string of the molecule is CCc1cccc2c3ccc(OC)cc3c(=O)n(CC)c12. The number of pyridine rings is 1. The van der Waals surface area contributed by atoms with E-state index in [9.17, 15) is 4.79 Å². The van der Waals surface area contributed by atoms with Gasteiger partial charge in [0.25, 0.3) is 5.56 Å². The fraction of sp³-hybridized carbons (Fsp3) is 0.278. The lowest BCUT2D eigenvalue weighted by molar-refractivity contribution is 0.415. The lowest BCUT2D eigenvalue weighted by atomic mass is 10.0. The molecule has 108 valence electrons. The van der Waals surface area contributed by atoms with Crippen molar-refractivity contribution in [3.8, 4) is 5.75 Å². The van der Waals surface area contributed by atoms with Gasteiger partial charge in [0.2, 0.25) is 0 Å². The van der Waals surface area contributed by atoms with Gasteiger partial charge in [-0.2, -0.15) is 0 Å².